The maximum atomic E-state index is 11.2. The fraction of sp³-hybridized carbons (Fsp3) is 1.00. The van der Waals surface area contributed by atoms with E-state index < -0.39 is 116 Å². The molecular weight excluding hydrogens is 536 g/mol. The van der Waals surface area contributed by atoms with Gasteiger partial charge in [0.1, 0.15) is 67.1 Å². The van der Waals surface area contributed by atoms with E-state index >= 15 is 0 Å². The molecule has 3 saturated heterocycles. The van der Waals surface area contributed by atoms with Crippen LogP contribution < -0.4 is 0 Å². The van der Waals surface area contributed by atoms with Crippen molar-refractivity contribution in [2.75, 3.05) is 13.2 Å². The summed E-state index contributed by atoms with van der Waals surface area (Å²) in [6, 6.07) is 0. The van der Waals surface area contributed by atoms with E-state index in [4.69, 9.17) is 28.2 Å². The number of rotatable bonds is 8. The number of aliphatic hydroxyl groups is 9. The molecule has 3 aliphatic rings. The van der Waals surface area contributed by atoms with Crippen molar-refractivity contribution in [2.24, 2.45) is 0 Å². The zero-order chi connectivity index (χ0) is 27.8. The highest BCUT2D eigenvalue weighted by molar-refractivity contribution is 7.80. The molecule has 18 nitrogen and oxygen atoms in total. The molecule has 0 amide bonds. The van der Waals surface area contributed by atoms with E-state index in [2.05, 4.69) is 4.18 Å². The smallest absolute Gasteiger partial charge is 0.394 e. The first-order valence-electron chi connectivity index (χ1n) is 11.1. The summed E-state index contributed by atoms with van der Waals surface area (Å²) in [5.74, 6) is 0. The lowest BCUT2D eigenvalue weighted by atomic mass is 9.96. The average molecular weight is 569 g/mol. The van der Waals surface area contributed by atoms with E-state index in [0.717, 1.165) is 0 Å². The molecule has 15 unspecified atom stereocenters. The molecule has 0 radical (unpaired) electrons. The van der Waals surface area contributed by atoms with Gasteiger partial charge in [-0.3, -0.25) is 4.55 Å². The largest absolute Gasteiger partial charge is 0.397 e. The Labute approximate surface area is 210 Å². The third-order valence-electron chi connectivity index (χ3n) is 6.26. The molecule has 10 N–H and O–H groups in total. The van der Waals surface area contributed by atoms with Crippen LogP contribution in [0.3, 0.4) is 0 Å². The zero-order valence-corrected chi connectivity index (χ0v) is 20.0. The Morgan fingerprint density at radius 2 is 1.22 bits per heavy atom. The van der Waals surface area contributed by atoms with E-state index in [0.29, 0.717) is 0 Å². The van der Waals surface area contributed by atoms with Crippen LogP contribution in [-0.2, 0) is 38.3 Å². The van der Waals surface area contributed by atoms with Gasteiger partial charge in [-0.15, -0.1) is 0 Å². The van der Waals surface area contributed by atoms with Crippen LogP contribution in [0.5, 0.6) is 0 Å². The van der Waals surface area contributed by atoms with Crippen LogP contribution in [0.2, 0.25) is 0 Å². The van der Waals surface area contributed by atoms with Crippen molar-refractivity contribution < 1.29 is 86.8 Å². The second-order valence-electron chi connectivity index (χ2n) is 8.82. The maximum absolute atomic E-state index is 11.2. The summed E-state index contributed by atoms with van der Waals surface area (Å²) in [4.78, 5) is 0. The maximum Gasteiger partial charge on any atom is 0.397 e. The Kier molecular flexibility index (Phi) is 10.2. The molecule has 3 aliphatic heterocycles. The van der Waals surface area contributed by atoms with E-state index in [-0.39, 0.29) is 0 Å². The minimum Gasteiger partial charge on any atom is -0.394 e. The second kappa shape index (κ2) is 12.2. The molecule has 37 heavy (non-hydrogen) atoms. The first-order chi connectivity index (χ1) is 17.2. The molecule has 0 aliphatic carbocycles. The predicted octanol–water partition coefficient (Wildman–Crippen LogP) is -6.72. The van der Waals surface area contributed by atoms with E-state index in [1.54, 1.807) is 0 Å². The SMILES string of the molecule is CC1OC(OC2C(O)C(O)OC(CO)C2OC2OC(CO)C(O)C(OS(=O)(=O)O)C2O)C(O)C(O)C1O. The van der Waals surface area contributed by atoms with Crippen molar-refractivity contribution in [2.45, 2.75) is 99.0 Å². The van der Waals surface area contributed by atoms with Gasteiger partial charge in [0.05, 0.1) is 19.3 Å². The van der Waals surface area contributed by atoms with Crippen LogP contribution in [-0.4, -0.2) is 164 Å². The highest BCUT2D eigenvalue weighted by atomic mass is 32.3. The summed E-state index contributed by atoms with van der Waals surface area (Å²) in [5.41, 5.74) is 0. The topological polar surface area (TPSA) is 292 Å². The monoisotopic (exact) mass is 568 g/mol. The highest BCUT2D eigenvalue weighted by Crippen LogP contribution is 2.33. The lowest BCUT2D eigenvalue weighted by molar-refractivity contribution is -0.381. The fourth-order valence-corrected chi connectivity index (χ4v) is 4.74. The lowest BCUT2D eigenvalue weighted by Crippen LogP contribution is -2.67. The van der Waals surface area contributed by atoms with Gasteiger partial charge >= 0.3 is 10.4 Å². The van der Waals surface area contributed by atoms with Crippen molar-refractivity contribution in [3.8, 4) is 0 Å². The summed E-state index contributed by atoms with van der Waals surface area (Å²) < 4.78 is 62.5. The van der Waals surface area contributed by atoms with E-state index in [1.807, 2.05) is 0 Å². The molecule has 218 valence electrons. The first-order valence-corrected chi connectivity index (χ1v) is 12.5. The second-order valence-corrected chi connectivity index (χ2v) is 9.86. The van der Waals surface area contributed by atoms with Crippen LogP contribution >= 0.6 is 0 Å². The van der Waals surface area contributed by atoms with Gasteiger partial charge in [0, 0.05) is 0 Å². The van der Waals surface area contributed by atoms with Gasteiger partial charge in [0.2, 0.25) is 0 Å². The molecular formula is C18H32O18S. The number of hydrogen-bond donors (Lipinski definition) is 10. The van der Waals surface area contributed by atoms with Gasteiger partial charge < -0.3 is 69.6 Å². The van der Waals surface area contributed by atoms with E-state index in [1.165, 1.54) is 6.92 Å². The zero-order valence-electron chi connectivity index (χ0n) is 19.2. The van der Waals surface area contributed by atoms with Gasteiger partial charge in [-0.25, -0.2) is 4.18 Å². The van der Waals surface area contributed by atoms with E-state index in [9.17, 15) is 54.4 Å². The number of ether oxygens (including phenoxy) is 5. The van der Waals surface area contributed by atoms with Gasteiger partial charge in [-0.2, -0.15) is 8.42 Å². The van der Waals surface area contributed by atoms with Crippen LogP contribution in [0.15, 0.2) is 0 Å². The highest BCUT2D eigenvalue weighted by Gasteiger charge is 2.54. The first kappa shape index (κ1) is 30.8. The number of hydrogen-bond acceptors (Lipinski definition) is 17. The molecule has 0 aromatic heterocycles. The molecule has 0 spiro atoms. The van der Waals surface area contributed by atoms with Crippen molar-refractivity contribution in [3.63, 3.8) is 0 Å². The molecule has 0 bridgehead atoms. The Hall–Kier alpha value is -0.690. The van der Waals surface area contributed by atoms with Crippen molar-refractivity contribution in [1.82, 2.24) is 0 Å². The Morgan fingerprint density at radius 3 is 1.78 bits per heavy atom. The fourth-order valence-electron chi connectivity index (χ4n) is 4.23. The summed E-state index contributed by atoms with van der Waals surface area (Å²) in [6.07, 6.45) is -26.6. The van der Waals surface area contributed by atoms with Crippen LogP contribution in [0.25, 0.3) is 0 Å². The summed E-state index contributed by atoms with van der Waals surface area (Å²) >= 11 is 0. The minimum absolute atomic E-state index is 0.889. The third kappa shape index (κ3) is 6.73. The third-order valence-corrected chi connectivity index (χ3v) is 6.72. The molecule has 0 saturated carbocycles. The molecule has 0 aromatic rings. The minimum atomic E-state index is -5.22. The molecule has 3 heterocycles. The summed E-state index contributed by atoms with van der Waals surface area (Å²) in [7, 11) is -5.22. The molecule has 0 aromatic carbocycles. The Morgan fingerprint density at radius 1 is 0.649 bits per heavy atom. The van der Waals surface area contributed by atoms with Crippen LogP contribution in [0, 0.1) is 0 Å². The van der Waals surface area contributed by atoms with Crippen molar-refractivity contribution >= 4 is 10.4 Å². The molecule has 19 heteroatoms. The quantitative estimate of drug-likeness (QED) is 0.122. The van der Waals surface area contributed by atoms with Gasteiger partial charge in [-0.05, 0) is 6.92 Å². The molecule has 3 rings (SSSR count). The van der Waals surface area contributed by atoms with Crippen molar-refractivity contribution in [1.29, 1.82) is 0 Å². The standard InChI is InChI=1S/C18H32O18S/c1-4-7(21)9(23)10(24)17(31-4)35-15-11(25)16(27)32-6(3-20)13(15)34-18-12(26)14(36-37(28,29)30)8(22)5(2-19)33-18/h4-27H,2-3H2,1H3,(H,28,29,30). The summed E-state index contributed by atoms with van der Waals surface area (Å²) in [6.45, 7) is -0.483. The normalized spacial score (nSPS) is 49.6. The summed E-state index contributed by atoms with van der Waals surface area (Å²) in [5, 5.41) is 90.8. The van der Waals surface area contributed by atoms with Crippen LogP contribution in [0.4, 0.5) is 0 Å². The molecule has 3 fully saturated rings. The van der Waals surface area contributed by atoms with Crippen molar-refractivity contribution in [3.05, 3.63) is 0 Å². The average Bonchev–Trinajstić information content (AvgIpc) is 2.83. The van der Waals surface area contributed by atoms with Gasteiger partial charge in [0.25, 0.3) is 0 Å². The van der Waals surface area contributed by atoms with Gasteiger partial charge in [0.15, 0.2) is 18.9 Å². The molecule has 15 atom stereocenters. The predicted molar refractivity (Wildman–Crippen MR) is 110 cm³/mol. The Balaban J connectivity index is 1.88. The van der Waals surface area contributed by atoms with Crippen LogP contribution in [0.1, 0.15) is 6.92 Å². The lowest BCUT2D eigenvalue weighted by Gasteiger charge is -2.48. The van der Waals surface area contributed by atoms with Gasteiger partial charge in [-0.1, -0.05) is 0 Å². The Bertz CT molecular complexity index is 845. The number of aliphatic hydroxyl groups excluding tert-OH is 9.